The van der Waals surface area contributed by atoms with Crippen molar-refractivity contribution in [2.45, 2.75) is 31.5 Å². The molecule has 5 rings (SSSR count). The van der Waals surface area contributed by atoms with Gasteiger partial charge >= 0.3 is 0 Å². The first-order valence-corrected chi connectivity index (χ1v) is 12.9. The highest BCUT2D eigenvalue weighted by Gasteiger charge is 2.17. The summed E-state index contributed by atoms with van der Waals surface area (Å²) in [5.41, 5.74) is 4.05. The molecule has 0 saturated heterocycles. The summed E-state index contributed by atoms with van der Waals surface area (Å²) in [7, 11) is 0. The number of thioether (sulfide) groups is 1. The molecule has 36 heavy (non-hydrogen) atoms. The highest BCUT2D eigenvalue weighted by Crippen LogP contribution is 2.22. The Hall–Kier alpha value is -3.91. The lowest BCUT2D eigenvalue weighted by Crippen LogP contribution is -2.26. The maximum Gasteiger partial charge on any atom is 0.263 e. The molecule has 2 aromatic heterocycles. The van der Waals surface area contributed by atoms with Crippen LogP contribution in [0.1, 0.15) is 23.1 Å². The first-order valence-electron chi connectivity index (χ1n) is 12.0. The van der Waals surface area contributed by atoms with E-state index in [4.69, 9.17) is 0 Å². The van der Waals surface area contributed by atoms with Crippen LogP contribution in [0.15, 0.2) is 88.8 Å². The van der Waals surface area contributed by atoms with Crippen molar-refractivity contribution in [1.82, 2.24) is 24.5 Å². The standard InChI is InChI=1S/C28H27N5O2S/c1-20-13-15-22(16-14-20)18-32-26(35)23-11-5-6-12-24(23)33-27(32)30-31-28(33)36-19-25(34)29-17-7-10-21-8-3-2-4-9-21/h2-6,8-9,11-16H,7,10,17-19H2,1H3,(H,29,34). The van der Waals surface area contributed by atoms with E-state index in [9.17, 15) is 9.59 Å². The zero-order valence-electron chi connectivity index (χ0n) is 20.1. The second-order valence-corrected chi connectivity index (χ2v) is 9.68. The molecule has 2 heterocycles. The molecule has 0 saturated carbocycles. The van der Waals surface area contributed by atoms with Gasteiger partial charge in [0.2, 0.25) is 11.7 Å². The predicted molar refractivity (Wildman–Crippen MR) is 144 cm³/mol. The van der Waals surface area contributed by atoms with Crippen LogP contribution in [-0.4, -0.2) is 37.4 Å². The zero-order chi connectivity index (χ0) is 24.9. The van der Waals surface area contributed by atoms with Gasteiger partial charge in [-0.15, -0.1) is 10.2 Å². The van der Waals surface area contributed by atoms with Gasteiger partial charge in [0, 0.05) is 6.54 Å². The van der Waals surface area contributed by atoms with Gasteiger partial charge in [-0.25, -0.2) is 0 Å². The third-order valence-corrected chi connectivity index (χ3v) is 7.01. The fraction of sp³-hybridized carbons (Fsp3) is 0.214. The molecule has 1 N–H and O–H groups in total. The van der Waals surface area contributed by atoms with Crippen LogP contribution in [0, 0.1) is 6.92 Å². The van der Waals surface area contributed by atoms with E-state index < -0.39 is 0 Å². The number of hydrogen-bond donors (Lipinski definition) is 1. The van der Waals surface area contributed by atoms with Crippen molar-refractivity contribution >= 4 is 34.3 Å². The third kappa shape index (κ3) is 5.18. The van der Waals surface area contributed by atoms with Gasteiger partial charge in [0.1, 0.15) is 0 Å². The Bertz CT molecular complexity index is 1560. The van der Waals surface area contributed by atoms with Crippen LogP contribution < -0.4 is 10.9 Å². The van der Waals surface area contributed by atoms with Gasteiger partial charge in [-0.3, -0.25) is 18.6 Å². The van der Waals surface area contributed by atoms with Gasteiger partial charge < -0.3 is 5.32 Å². The molecule has 0 radical (unpaired) electrons. The highest BCUT2D eigenvalue weighted by atomic mass is 32.2. The van der Waals surface area contributed by atoms with Gasteiger partial charge in [-0.05, 0) is 43.0 Å². The Balaban J connectivity index is 1.34. The normalized spacial score (nSPS) is 11.2. The number of fused-ring (bicyclic) bond motifs is 3. The summed E-state index contributed by atoms with van der Waals surface area (Å²) >= 11 is 1.32. The number of carbonyl (C=O) groups is 1. The summed E-state index contributed by atoms with van der Waals surface area (Å²) in [6, 6.07) is 25.8. The monoisotopic (exact) mass is 497 g/mol. The van der Waals surface area contributed by atoms with Gasteiger partial charge in [0.15, 0.2) is 5.16 Å². The molecule has 3 aromatic carbocycles. The van der Waals surface area contributed by atoms with Crippen LogP contribution in [0.3, 0.4) is 0 Å². The molecule has 0 aliphatic rings. The van der Waals surface area contributed by atoms with Gasteiger partial charge in [0.05, 0.1) is 23.2 Å². The Labute approximate surface area is 213 Å². The largest absolute Gasteiger partial charge is 0.355 e. The predicted octanol–water partition coefficient (Wildman–Crippen LogP) is 4.24. The van der Waals surface area contributed by atoms with Crippen molar-refractivity contribution in [2.75, 3.05) is 12.3 Å². The molecular formula is C28H27N5O2S. The number of amides is 1. The van der Waals surface area contributed by atoms with Crippen molar-refractivity contribution in [3.05, 3.63) is 106 Å². The van der Waals surface area contributed by atoms with Crippen LogP contribution in [-0.2, 0) is 17.8 Å². The van der Waals surface area contributed by atoms with Crippen molar-refractivity contribution in [2.24, 2.45) is 0 Å². The topological polar surface area (TPSA) is 81.3 Å². The van der Waals surface area contributed by atoms with E-state index in [1.54, 1.807) is 4.57 Å². The number of para-hydroxylation sites is 1. The Morgan fingerprint density at radius 1 is 0.917 bits per heavy atom. The Morgan fingerprint density at radius 2 is 1.67 bits per heavy atom. The molecule has 0 aliphatic heterocycles. The number of carbonyl (C=O) groups excluding carboxylic acids is 1. The lowest BCUT2D eigenvalue weighted by molar-refractivity contribution is -0.118. The SMILES string of the molecule is Cc1ccc(Cn2c(=O)c3ccccc3n3c(SCC(=O)NCCCc4ccccc4)nnc23)cc1. The molecule has 0 fully saturated rings. The highest BCUT2D eigenvalue weighted by molar-refractivity contribution is 7.99. The number of aryl methyl sites for hydroxylation is 2. The van der Waals surface area contributed by atoms with E-state index in [-0.39, 0.29) is 17.2 Å². The number of aromatic nitrogens is 4. The first kappa shape index (κ1) is 23.8. The molecule has 5 aromatic rings. The third-order valence-electron chi connectivity index (χ3n) is 6.08. The van der Waals surface area contributed by atoms with Gasteiger partial charge in [0.25, 0.3) is 5.56 Å². The van der Waals surface area contributed by atoms with Crippen molar-refractivity contribution in [3.8, 4) is 0 Å². The fourth-order valence-corrected chi connectivity index (χ4v) is 4.96. The number of nitrogens with one attached hydrogen (secondary N) is 1. The molecule has 0 bridgehead atoms. The summed E-state index contributed by atoms with van der Waals surface area (Å²) in [6.45, 7) is 3.04. The summed E-state index contributed by atoms with van der Waals surface area (Å²) in [5, 5.41) is 12.9. The van der Waals surface area contributed by atoms with Crippen molar-refractivity contribution in [3.63, 3.8) is 0 Å². The zero-order valence-corrected chi connectivity index (χ0v) is 20.9. The van der Waals surface area contributed by atoms with E-state index in [0.29, 0.717) is 29.4 Å². The lowest BCUT2D eigenvalue weighted by Gasteiger charge is -2.11. The summed E-state index contributed by atoms with van der Waals surface area (Å²) in [5.74, 6) is 0.629. The van der Waals surface area contributed by atoms with Crippen LogP contribution in [0.4, 0.5) is 0 Å². The fourth-order valence-electron chi connectivity index (χ4n) is 4.19. The number of hydrogen-bond acceptors (Lipinski definition) is 5. The van der Waals surface area contributed by atoms with E-state index >= 15 is 0 Å². The molecular weight excluding hydrogens is 470 g/mol. The molecule has 182 valence electrons. The maximum absolute atomic E-state index is 13.3. The first-order chi connectivity index (χ1) is 17.6. The van der Waals surface area contributed by atoms with Crippen LogP contribution in [0.5, 0.6) is 0 Å². The average Bonchev–Trinajstić information content (AvgIpc) is 3.33. The molecule has 1 amide bonds. The summed E-state index contributed by atoms with van der Waals surface area (Å²) in [4.78, 5) is 25.8. The number of benzene rings is 3. The Morgan fingerprint density at radius 3 is 2.47 bits per heavy atom. The van der Waals surface area contributed by atoms with Gasteiger partial charge in [-0.1, -0.05) is 84.1 Å². The minimum absolute atomic E-state index is 0.0536. The minimum atomic E-state index is -0.112. The molecule has 0 spiro atoms. The second kappa shape index (κ2) is 10.8. The van der Waals surface area contributed by atoms with E-state index in [2.05, 4.69) is 27.6 Å². The molecule has 0 unspecified atom stereocenters. The van der Waals surface area contributed by atoms with Gasteiger partial charge in [-0.2, -0.15) is 0 Å². The van der Waals surface area contributed by atoms with Crippen molar-refractivity contribution < 1.29 is 4.79 Å². The van der Waals surface area contributed by atoms with Crippen LogP contribution in [0.25, 0.3) is 16.7 Å². The summed E-state index contributed by atoms with van der Waals surface area (Å²) < 4.78 is 3.52. The molecule has 0 atom stereocenters. The van der Waals surface area contributed by atoms with E-state index in [1.165, 1.54) is 17.3 Å². The number of nitrogens with zero attached hydrogens (tertiary/aromatic N) is 4. The van der Waals surface area contributed by atoms with Crippen LogP contribution in [0.2, 0.25) is 0 Å². The molecule has 0 aliphatic carbocycles. The average molecular weight is 498 g/mol. The van der Waals surface area contributed by atoms with Crippen molar-refractivity contribution in [1.29, 1.82) is 0 Å². The van der Waals surface area contributed by atoms with Crippen LogP contribution >= 0.6 is 11.8 Å². The molecule has 8 heteroatoms. The van der Waals surface area contributed by atoms with E-state index in [0.717, 1.165) is 29.5 Å². The van der Waals surface area contributed by atoms with E-state index in [1.807, 2.05) is 78.1 Å². The molecule has 7 nitrogen and oxygen atoms in total. The smallest absolute Gasteiger partial charge is 0.263 e. The summed E-state index contributed by atoms with van der Waals surface area (Å²) in [6.07, 6.45) is 1.80. The quantitative estimate of drug-likeness (QED) is 0.243. The Kier molecular flexibility index (Phi) is 7.13. The second-order valence-electron chi connectivity index (χ2n) is 8.74. The lowest BCUT2D eigenvalue weighted by atomic mass is 10.1. The maximum atomic E-state index is 13.3. The number of rotatable bonds is 9. The minimum Gasteiger partial charge on any atom is -0.355 e.